The lowest BCUT2D eigenvalue weighted by molar-refractivity contribution is -0.400. The number of rotatable bonds is 22. The molecule has 1 amide bonds. The van der Waals surface area contributed by atoms with Crippen molar-refractivity contribution in [1.82, 2.24) is 5.32 Å². The first-order valence-electron chi connectivity index (χ1n) is 11.7. The van der Waals surface area contributed by atoms with Crippen LogP contribution in [0.5, 0.6) is 5.75 Å². The summed E-state index contributed by atoms with van der Waals surface area (Å²) < 4.78 is 21.6. The molecule has 1 rings (SSSR count). The molecule has 194 valence electrons. The molecule has 0 fully saturated rings. The normalized spacial score (nSPS) is 10.7. The third kappa shape index (κ3) is 18.9. The predicted octanol–water partition coefficient (Wildman–Crippen LogP) is 3.74. The van der Waals surface area contributed by atoms with Crippen molar-refractivity contribution in [3.63, 3.8) is 0 Å². The van der Waals surface area contributed by atoms with Gasteiger partial charge >= 0.3 is 0 Å². The molecule has 0 bridgehead atoms. The summed E-state index contributed by atoms with van der Waals surface area (Å²) in [5.41, 5.74) is 8.83. The Balaban J connectivity index is 1.89. The number of azide groups is 1. The average Bonchev–Trinajstić information content (AvgIpc) is 2.85. The Morgan fingerprint density at radius 3 is 2.49 bits per heavy atom. The molecule has 0 aliphatic carbocycles. The number of nitrogens with one attached hydrogen (secondary N) is 1. The van der Waals surface area contributed by atoms with Crippen LogP contribution < -0.4 is 10.1 Å². The maximum Gasteiger partial charge on any atom is 0.235 e. The molecule has 1 N–H and O–H groups in total. The number of carbonyl (C=O) groups is 1. The SMILES string of the molecule is [N-]=[N+]=NCCOCCOCCOCCNC(=O)CCCCCCOc1cccc(/C=C/[N+](=O)[O-])c1. The van der Waals surface area contributed by atoms with Crippen LogP contribution in [0.1, 0.15) is 37.7 Å². The highest BCUT2D eigenvalue weighted by molar-refractivity contribution is 5.75. The van der Waals surface area contributed by atoms with Gasteiger partial charge in [-0.05, 0) is 36.1 Å². The van der Waals surface area contributed by atoms with E-state index in [0.29, 0.717) is 77.1 Å². The van der Waals surface area contributed by atoms with E-state index < -0.39 is 4.92 Å². The van der Waals surface area contributed by atoms with Crippen LogP contribution in [0.3, 0.4) is 0 Å². The number of carbonyl (C=O) groups excluding carboxylic acids is 1. The summed E-state index contributed by atoms with van der Waals surface area (Å²) in [7, 11) is 0. The minimum absolute atomic E-state index is 0.0126. The van der Waals surface area contributed by atoms with E-state index >= 15 is 0 Å². The van der Waals surface area contributed by atoms with Crippen LogP contribution in [0.4, 0.5) is 0 Å². The molecule has 0 saturated carbocycles. The minimum atomic E-state index is -0.502. The fourth-order valence-electron chi connectivity index (χ4n) is 2.83. The van der Waals surface area contributed by atoms with Crippen LogP contribution in [-0.4, -0.2) is 70.2 Å². The summed E-state index contributed by atoms with van der Waals surface area (Å²) >= 11 is 0. The molecule has 0 spiro atoms. The standard InChI is InChI=1S/C23H35N5O7/c24-27-26-11-15-33-17-19-34-18-16-32-14-10-25-23(29)8-3-1-2-4-13-35-22-7-5-6-21(20-22)9-12-28(30)31/h5-7,9,12,20H,1-4,8,10-11,13-19H2,(H,25,29)/b12-9+. The zero-order valence-electron chi connectivity index (χ0n) is 20.0. The quantitative estimate of drug-likeness (QED) is 0.0643. The summed E-state index contributed by atoms with van der Waals surface area (Å²) in [5.74, 6) is 0.690. The number of benzene rings is 1. The molecule has 0 radical (unpaired) electrons. The van der Waals surface area contributed by atoms with Gasteiger partial charge in [0.25, 0.3) is 0 Å². The Labute approximate surface area is 205 Å². The first-order chi connectivity index (χ1) is 17.1. The topological polar surface area (TPSA) is 158 Å². The number of unbranched alkanes of at least 4 members (excludes halogenated alkanes) is 3. The van der Waals surface area contributed by atoms with Crippen LogP contribution >= 0.6 is 0 Å². The lowest BCUT2D eigenvalue weighted by Crippen LogP contribution is -2.27. The van der Waals surface area contributed by atoms with Gasteiger partial charge in [0, 0.05) is 30.5 Å². The molecular weight excluding hydrogens is 458 g/mol. The smallest absolute Gasteiger partial charge is 0.235 e. The second-order valence-corrected chi connectivity index (χ2v) is 7.33. The van der Waals surface area contributed by atoms with E-state index in [4.69, 9.17) is 24.5 Å². The molecule has 1 aromatic carbocycles. The summed E-state index contributed by atoms with van der Waals surface area (Å²) in [6, 6.07) is 7.14. The fraction of sp³-hybridized carbons (Fsp3) is 0.609. The predicted molar refractivity (Wildman–Crippen MR) is 131 cm³/mol. The van der Waals surface area contributed by atoms with Crippen molar-refractivity contribution in [2.75, 3.05) is 59.3 Å². The number of nitro groups is 1. The van der Waals surface area contributed by atoms with Gasteiger partial charge in [-0.3, -0.25) is 14.9 Å². The Morgan fingerprint density at radius 2 is 1.74 bits per heavy atom. The van der Waals surface area contributed by atoms with Gasteiger partial charge in [0.15, 0.2) is 0 Å². The molecule has 35 heavy (non-hydrogen) atoms. The molecule has 12 nitrogen and oxygen atoms in total. The van der Waals surface area contributed by atoms with Gasteiger partial charge in [0.05, 0.1) is 51.2 Å². The third-order valence-corrected chi connectivity index (χ3v) is 4.53. The average molecular weight is 494 g/mol. The Bertz CT molecular complexity index is 800. The second-order valence-electron chi connectivity index (χ2n) is 7.33. The zero-order chi connectivity index (χ0) is 25.4. The van der Waals surface area contributed by atoms with Crippen LogP contribution in [0.2, 0.25) is 0 Å². The summed E-state index contributed by atoms with van der Waals surface area (Å²) in [6.07, 6.45) is 6.38. The van der Waals surface area contributed by atoms with Gasteiger partial charge in [-0.2, -0.15) is 0 Å². The van der Waals surface area contributed by atoms with Crippen molar-refractivity contribution in [3.05, 3.63) is 56.6 Å². The van der Waals surface area contributed by atoms with Gasteiger partial charge in [-0.25, -0.2) is 0 Å². The van der Waals surface area contributed by atoms with Crippen LogP contribution in [0, 0.1) is 10.1 Å². The van der Waals surface area contributed by atoms with Gasteiger partial charge in [-0.1, -0.05) is 30.1 Å². The van der Waals surface area contributed by atoms with Gasteiger partial charge < -0.3 is 24.3 Å². The third-order valence-electron chi connectivity index (χ3n) is 4.53. The highest BCUT2D eigenvalue weighted by Gasteiger charge is 2.01. The van der Waals surface area contributed by atoms with Crippen molar-refractivity contribution in [1.29, 1.82) is 0 Å². The van der Waals surface area contributed by atoms with E-state index in [-0.39, 0.29) is 5.91 Å². The fourth-order valence-corrected chi connectivity index (χ4v) is 2.83. The molecule has 0 aromatic heterocycles. The van der Waals surface area contributed by atoms with E-state index in [1.165, 1.54) is 6.08 Å². The van der Waals surface area contributed by atoms with Crippen LogP contribution in [-0.2, 0) is 19.0 Å². The van der Waals surface area contributed by atoms with Gasteiger partial charge in [-0.15, -0.1) is 0 Å². The zero-order valence-corrected chi connectivity index (χ0v) is 20.0. The Kier molecular flexibility index (Phi) is 18.2. The first kappa shape index (κ1) is 29.9. The van der Waals surface area contributed by atoms with Crippen LogP contribution in [0.25, 0.3) is 16.5 Å². The highest BCUT2D eigenvalue weighted by atomic mass is 16.6. The van der Waals surface area contributed by atoms with Gasteiger partial charge in [0.2, 0.25) is 12.1 Å². The summed E-state index contributed by atoms with van der Waals surface area (Å²) in [6.45, 7) is 3.90. The molecule has 0 aliphatic rings. The van der Waals surface area contributed by atoms with Crippen LogP contribution in [0.15, 0.2) is 35.6 Å². The molecule has 12 heteroatoms. The second kappa shape index (κ2) is 21.4. The van der Waals surface area contributed by atoms with E-state index in [1.807, 2.05) is 6.07 Å². The van der Waals surface area contributed by atoms with E-state index in [1.54, 1.807) is 18.2 Å². The van der Waals surface area contributed by atoms with Crippen molar-refractivity contribution < 1.29 is 28.7 Å². The number of nitrogens with zero attached hydrogens (tertiary/aromatic N) is 4. The maximum atomic E-state index is 11.8. The first-order valence-corrected chi connectivity index (χ1v) is 11.7. The molecule has 0 aliphatic heterocycles. The maximum absolute atomic E-state index is 11.8. The monoisotopic (exact) mass is 493 g/mol. The van der Waals surface area contributed by atoms with Crippen molar-refractivity contribution >= 4 is 12.0 Å². The van der Waals surface area contributed by atoms with Crippen molar-refractivity contribution in [2.24, 2.45) is 5.11 Å². The number of ether oxygens (including phenoxy) is 4. The number of hydrogen-bond acceptors (Lipinski definition) is 8. The molecule has 0 unspecified atom stereocenters. The molecule has 0 atom stereocenters. The van der Waals surface area contributed by atoms with Gasteiger partial charge in [0.1, 0.15) is 5.75 Å². The lowest BCUT2D eigenvalue weighted by atomic mass is 10.1. The number of amides is 1. The molecule has 1 aromatic rings. The molecule has 0 heterocycles. The molecular formula is C23H35N5O7. The Morgan fingerprint density at radius 1 is 1.03 bits per heavy atom. The number of hydrogen-bond donors (Lipinski definition) is 1. The highest BCUT2D eigenvalue weighted by Crippen LogP contribution is 2.15. The summed E-state index contributed by atoms with van der Waals surface area (Å²) in [5, 5.41) is 16.6. The van der Waals surface area contributed by atoms with E-state index in [0.717, 1.165) is 31.9 Å². The van der Waals surface area contributed by atoms with Crippen molar-refractivity contribution in [3.8, 4) is 5.75 Å². The van der Waals surface area contributed by atoms with E-state index in [9.17, 15) is 14.9 Å². The molecule has 0 saturated heterocycles. The minimum Gasteiger partial charge on any atom is -0.494 e. The largest absolute Gasteiger partial charge is 0.494 e. The Hall–Kier alpha value is -3.18. The van der Waals surface area contributed by atoms with Crippen molar-refractivity contribution in [2.45, 2.75) is 32.1 Å². The lowest BCUT2D eigenvalue weighted by Gasteiger charge is -2.08. The van der Waals surface area contributed by atoms with E-state index in [2.05, 4.69) is 15.3 Å². The summed E-state index contributed by atoms with van der Waals surface area (Å²) in [4.78, 5) is 24.4.